The van der Waals surface area contributed by atoms with E-state index in [4.69, 9.17) is 0 Å². The first-order chi connectivity index (χ1) is 4.61. The van der Waals surface area contributed by atoms with Crippen molar-refractivity contribution in [1.29, 1.82) is 0 Å². The van der Waals surface area contributed by atoms with Crippen molar-refractivity contribution in [1.82, 2.24) is 9.55 Å². The molecule has 2 nitrogen and oxygen atoms in total. The first-order valence-corrected chi connectivity index (χ1v) is 2.89. The van der Waals surface area contributed by atoms with E-state index in [9.17, 15) is 8.78 Å². The minimum Gasteiger partial charge on any atom is -0.333 e. The van der Waals surface area contributed by atoms with E-state index in [0.717, 1.165) is 0 Å². The van der Waals surface area contributed by atoms with Crippen LogP contribution in [0.4, 0.5) is 8.78 Å². The van der Waals surface area contributed by atoms with Gasteiger partial charge in [0.25, 0.3) is 6.43 Å². The first-order valence-electron chi connectivity index (χ1n) is 2.89. The highest BCUT2D eigenvalue weighted by atomic mass is 19.3. The Morgan fingerprint density at radius 3 is 2.40 bits per heavy atom. The zero-order valence-electron chi connectivity index (χ0n) is 5.81. The quantitative estimate of drug-likeness (QED) is 0.589. The minimum atomic E-state index is -2.47. The van der Waals surface area contributed by atoms with Crippen molar-refractivity contribution in [2.45, 2.75) is 13.3 Å². The molecule has 0 radical (unpaired) electrons. The number of imidazole rings is 1. The summed E-state index contributed by atoms with van der Waals surface area (Å²) < 4.78 is 25.2. The minimum absolute atomic E-state index is 0.169. The maximum atomic E-state index is 12.0. The van der Waals surface area contributed by atoms with Crippen LogP contribution in [0.15, 0.2) is 6.20 Å². The van der Waals surface area contributed by atoms with Crippen LogP contribution in [0.3, 0.4) is 0 Å². The molecule has 0 atom stereocenters. The molecule has 0 saturated heterocycles. The van der Waals surface area contributed by atoms with Gasteiger partial charge in [0, 0.05) is 13.2 Å². The molecule has 0 aromatic carbocycles. The SMILES string of the molecule is Cc1cn(C)c(C(F)F)n1. The van der Waals surface area contributed by atoms with Crippen LogP contribution in [0.1, 0.15) is 17.9 Å². The molecule has 0 spiro atoms. The molecule has 0 N–H and O–H groups in total. The van der Waals surface area contributed by atoms with Crippen molar-refractivity contribution in [3.63, 3.8) is 0 Å². The van der Waals surface area contributed by atoms with Crippen LogP contribution in [-0.4, -0.2) is 9.55 Å². The Hall–Kier alpha value is -0.930. The fraction of sp³-hybridized carbons (Fsp3) is 0.500. The third-order valence-electron chi connectivity index (χ3n) is 1.23. The highest BCUT2D eigenvalue weighted by Crippen LogP contribution is 2.16. The lowest BCUT2D eigenvalue weighted by atomic mass is 10.6. The third-order valence-corrected chi connectivity index (χ3v) is 1.23. The van der Waals surface area contributed by atoms with Crippen LogP contribution in [-0.2, 0) is 7.05 Å². The predicted molar refractivity (Wildman–Crippen MR) is 32.9 cm³/mol. The fourth-order valence-electron chi connectivity index (χ4n) is 0.838. The van der Waals surface area contributed by atoms with E-state index in [1.807, 2.05) is 0 Å². The zero-order valence-corrected chi connectivity index (χ0v) is 5.81. The number of rotatable bonds is 1. The summed E-state index contributed by atoms with van der Waals surface area (Å²) in [6.45, 7) is 1.69. The molecule has 10 heavy (non-hydrogen) atoms. The molecule has 0 bridgehead atoms. The molecule has 0 fully saturated rings. The smallest absolute Gasteiger partial charge is 0.295 e. The van der Waals surface area contributed by atoms with Crippen LogP contribution < -0.4 is 0 Å². The predicted octanol–water partition coefficient (Wildman–Crippen LogP) is 1.67. The highest BCUT2D eigenvalue weighted by Gasteiger charge is 2.12. The van der Waals surface area contributed by atoms with Gasteiger partial charge in [0.05, 0.1) is 5.69 Å². The summed E-state index contributed by atoms with van der Waals surface area (Å²) in [5, 5.41) is 0. The second-order valence-corrected chi connectivity index (χ2v) is 2.15. The van der Waals surface area contributed by atoms with E-state index in [0.29, 0.717) is 5.69 Å². The lowest BCUT2D eigenvalue weighted by molar-refractivity contribution is 0.136. The van der Waals surface area contributed by atoms with E-state index in [-0.39, 0.29) is 5.82 Å². The Labute approximate surface area is 57.5 Å². The maximum Gasteiger partial charge on any atom is 0.295 e. The van der Waals surface area contributed by atoms with Crippen LogP contribution in [0.2, 0.25) is 0 Å². The molecule has 0 amide bonds. The second-order valence-electron chi connectivity index (χ2n) is 2.15. The maximum absolute atomic E-state index is 12.0. The van der Waals surface area contributed by atoms with Gasteiger partial charge < -0.3 is 4.57 Å². The number of aryl methyl sites for hydroxylation is 2. The van der Waals surface area contributed by atoms with Crippen LogP contribution in [0, 0.1) is 6.92 Å². The summed E-state index contributed by atoms with van der Waals surface area (Å²) >= 11 is 0. The summed E-state index contributed by atoms with van der Waals surface area (Å²) in [4.78, 5) is 3.62. The average Bonchev–Trinajstić information content (AvgIpc) is 2.10. The summed E-state index contributed by atoms with van der Waals surface area (Å²) in [7, 11) is 1.56. The van der Waals surface area contributed by atoms with Crippen molar-refractivity contribution < 1.29 is 8.78 Å². The van der Waals surface area contributed by atoms with Crippen LogP contribution in [0.5, 0.6) is 0 Å². The molecule has 1 aromatic heterocycles. The lowest BCUT2D eigenvalue weighted by Gasteiger charge is -1.96. The van der Waals surface area contributed by atoms with E-state index < -0.39 is 6.43 Å². The molecule has 4 heteroatoms. The van der Waals surface area contributed by atoms with Crippen molar-refractivity contribution in [3.8, 4) is 0 Å². The van der Waals surface area contributed by atoms with Crippen LogP contribution >= 0.6 is 0 Å². The summed E-state index contributed by atoms with van der Waals surface area (Å²) in [5.74, 6) is -0.169. The van der Waals surface area contributed by atoms with Crippen molar-refractivity contribution in [3.05, 3.63) is 17.7 Å². The molecule has 56 valence electrons. The summed E-state index contributed by atoms with van der Waals surface area (Å²) in [5.41, 5.74) is 0.623. The number of alkyl halides is 2. The lowest BCUT2D eigenvalue weighted by Crippen LogP contribution is -1.96. The van der Waals surface area contributed by atoms with Gasteiger partial charge in [0.15, 0.2) is 5.82 Å². The van der Waals surface area contributed by atoms with Gasteiger partial charge in [-0.25, -0.2) is 13.8 Å². The van der Waals surface area contributed by atoms with Gasteiger partial charge in [-0.15, -0.1) is 0 Å². The van der Waals surface area contributed by atoms with Gasteiger partial charge in [-0.05, 0) is 6.92 Å². The Morgan fingerprint density at radius 2 is 2.20 bits per heavy atom. The molecule has 0 aliphatic rings. The van der Waals surface area contributed by atoms with Crippen LogP contribution in [0.25, 0.3) is 0 Å². The molecule has 0 aliphatic heterocycles. The van der Waals surface area contributed by atoms with Gasteiger partial charge >= 0.3 is 0 Å². The number of halogens is 2. The Bertz CT molecular complexity index is 230. The Morgan fingerprint density at radius 1 is 1.60 bits per heavy atom. The molecule has 1 heterocycles. The highest BCUT2D eigenvalue weighted by molar-refractivity contribution is 5.01. The van der Waals surface area contributed by atoms with Gasteiger partial charge in [0.2, 0.25) is 0 Å². The topological polar surface area (TPSA) is 17.8 Å². The van der Waals surface area contributed by atoms with Crippen molar-refractivity contribution in [2.24, 2.45) is 7.05 Å². The van der Waals surface area contributed by atoms with Crippen molar-refractivity contribution >= 4 is 0 Å². The summed E-state index contributed by atoms with van der Waals surface area (Å²) in [6, 6.07) is 0. The first kappa shape index (κ1) is 7.18. The number of nitrogens with zero attached hydrogens (tertiary/aromatic N) is 2. The van der Waals surface area contributed by atoms with Gasteiger partial charge in [-0.3, -0.25) is 0 Å². The largest absolute Gasteiger partial charge is 0.333 e. The van der Waals surface area contributed by atoms with Gasteiger partial charge in [0.1, 0.15) is 0 Å². The number of hydrogen-bond acceptors (Lipinski definition) is 1. The third kappa shape index (κ3) is 1.15. The Balaban J connectivity index is 3.03. The fourth-order valence-corrected chi connectivity index (χ4v) is 0.838. The second kappa shape index (κ2) is 2.36. The summed E-state index contributed by atoms with van der Waals surface area (Å²) in [6.07, 6.45) is -0.902. The molecule has 0 saturated carbocycles. The van der Waals surface area contributed by atoms with E-state index in [2.05, 4.69) is 4.98 Å². The molecule has 0 aliphatic carbocycles. The average molecular weight is 146 g/mol. The molecule has 0 unspecified atom stereocenters. The molecule has 1 aromatic rings. The molecule has 1 rings (SSSR count). The Kier molecular flexibility index (Phi) is 1.70. The molecular formula is C6H8F2N2. The standard InChI is InChI=1S/C6H8F2N2/c1-4-3-10(2)6(9-4)5(7)8/h3,5H,1-2H3. The van der Waals surface area contributed by atoms with Gasteiger partial charge in [-0.2, -0.15) is 0 Å². The molecular weight excluding hydrogens is 138 g/mol. The monoisotopic (exact) mass is 146 g/mol. The zero-order chi connectivity index (χ0) is 7.72. The van der Waals surface area contributed by atoms with E-state index >= 15 is 0 Å². The van der Waals surface area contributed by atoms with E-state index in [1.165, 1.54) is 4.57 Å². The van der Waals surface area contributed by atoms with Crippen molar-refractivity contribution in [2.75, 3.05) is 0 Å². The normalized spacial score (nSPS) is 10.9. The number of aromatic nitrogens is 2. The van der Waals surface area contributed by atoms with Gasteiger partial charge in [-0.1, -0.05) is 0 Å². The number of hydrogen-bond donors (Lipinski definition) is 0. The van der Waals surface area contributed by atoms with E-state index in [1.54, 1.807) is 20.2 Å².